The maximum atomic E-state index is 13.4. The maximum absolute atomic E-state index is 13.4. The number of aryl methyl sites for hydroxylation is 1. The number of benzene rings is 1. The van der Waals surface area contributed by atoms with Gasteiger partial charge in [-0.2, -0.15) is 0 Å². The second kappa shape index (κ2) is 10.9. The molecular weight excluding hydrogens is 453 g/mol. The normalized spacial score (nSPS) is 20.7. The van der Waals surface area contributed by atoms with Crippen molar-refractivity contribution in [3.05, 3.63) is 62.9 Å². The lowest BCUT2D eigenvalue weighted by atomic mass is 10.2. The highest BCUT2D eigenvalue weighted by Gasteiger charge is 2.33. The Kier molecular flexibility index (Phi) is 8.25. The Balaban J connectivity index is 1.66. The fraction of sp³-hybridized carbons (Fsp3) is 0.476. The van der Waals surface area contributed by atoms with E-state index in [1.54, 1.807) is 44.2 Å². The summed E-state index contributed by atoms with van der Waals surface area (Å²) in [6.07, 6.45) is 1.47. The van der Waals surface area contributed by atoms with Crippen molar-refractivity contribution >= 4 is 13.7 Å². The van der Waals surface area contributed by atoms with Gasteiger partial charge in [0.05, 0.1) is 25.7 Å². The second-order valence-electron chi connectivity index (χ2n) is 7.75. The molecule has 1 aliphatic rings. The number of rotatable bonds is 10. The molecule has 2 N–H and O–H groups in total. The van der Waals surface area contributed by atoms with Gasteiger partial charge in [-0.15, -0.1) is 0 Å². The monoisotopic (exact) mass is 481 g/mol. The summed E-state index contributed by atoms with van der Waals surface area (Å²) in [6, 6.07) is 8.51. The Labute approximate surface area is 190 Å². The van der Waals surface area contributed by atoms with Gasteiger partial charge in [-0.05, 0) is 31.9 Å². The number of hydrogen-bond acceptors (Lipinski definition) is 8. The Morgan fingerprint density at radius 3 is 2.73 bits per heavy atom. The number of para-hydroxylation sites is 1. The first-order valence-corrected chi connectivity index (χ1v) is 12.0. The molecule has 2 unspecified atom stereocenters. The molecule has 1 saturated heterocycles. The lowest BCUT2D eigenvalue weighted by molar-refractivity contribution is -0.144. The number of H-pyrrole nitrogens is 1. The molecule has 1 fully saturated rings. The molecule has 0 amide bonds. The Morgan fingerprint density at radius 1 is 1.30 bits per heavy atom. The molecule has 0 bridgehead atoms. The summed E-state index contributed by atoms with van der Waals surface area (Å²) in [6.45, 7) is 3.16. The third-order valence-corrected chi connectivity index (χ3v) is 6.65. The van der Waals surface area contributed by atoms with Gasteiger partial charge < -0.3 is 14.0 Å². The zero-order valence-corrected chi connectivity index (χ0v) is 19.6. The summed E-state index contributed by atoms with van der Waals surface area (Å²) in [5.74, 6) is -0.703. The van der Waals surface area contributed by atoms with Gasteiger partial charge in [0, 0.05) is 18.3 Å². The Morgan fingerprint density at radius 2 is 2.03 bits per heavy atom. The van der Waals surface area contributed by atoms with Gasteiger partial charge in [0.25, 0.3) is 5.56 Å². The number of aromatic nitrogens is 2. The van der Waals surface area contributed by atoms with Crippen LogP contribution in [-0.4, -0.2) is 41.9 Å². The number of hydrogen-bond donors (Lipinski definition) is 2. The van der Waals surface area contributed by atoms with E-state index in [0.29, 0.717) is 24.2 Å². The van der Waals surface area contributed by atoms with Crippen LogP contribution in [-0.2, 0) is 23.4 Å². The number of methoxy groups -OCH3 is 1. The molecule has 1 aromatic heterocycles. The van der Waals surface area contributed by atoms with Crippen LogP contribution < -0.4 is 20.9 Å². The number of carbonyl (C=O) groups is 1. The second-order valence-corrected chi connectivity index (χ2v) is 9.50. The van der Waals surface area contributed by atoms with Crippen molar-refractivity contribution in [3.8, 4) is 5.75 Å². The highest BCUT2D eigenvalue weighted by molar-refractivity contribution is 7.52. The predicted molar refractivity (Wildman–Crippen MR) is 119 cm³/mol. The van der Waals surface area contributed by atoms with Crippen molar-refractivity contribution in [1.82, 2.24) is 14.6 Å². The van der Waals surface area contributed by atoms with Crippen molar-refractivity contribution in [2.75, 3.05) is 20.3 Å². The third-order valence-electron chi connectivity index (χ3n) is 5.14. The number of aromatic amines is 1. The molecule has 4 atom stereocenters. The molecule has 180 valence electrons. The van der Waals surface area contributed by atoms with Crippen molar-refractivity contribution in [3.63, 3.8) is 0 Å². The smallest absolute Gasteiger partial charge is 0.458 e. The Hall–Kier alpha value is -2.72. The standard InChI is InChI=1S/C21H28N3O8P/c1-14(20(26)29-3)11-22-33(28,32-16-7-5-4-6-8-16)30-13-17-9-10-18(31-17)24-12-15(2)19(25)23-21(24)27/h4-8,12,14,17-18H,9-11,13H2,1-3H3,(H,22,28)(H,23,25,27)/t14?,17-,18+,33?/m0/s1. The van der Waals surface area contributed by atoms with E-state index >= 15 is 0 Å². The van der Waals surface area contributed by atoms with Gasteiger partial charge >= 0.3 is 19.4 Å². The lowest BCUT2D eigenvalue weighted by Crippen LogP contribution is -2.33. The predicted octanol–water partition coefficient (Wildman–Crippen LogP) is 2.13. The van der Waals surface area contributed by atoms with Crippen LogP contribution in [0, 0.1) is 12.8 Å². The SMILES string of the molecule is COC(=O)C(C)CNP(=O)(OC[C@@H]1CC[C@H](n2cc(C)c(=O)[nH]c2=O)O1)Oc1ccccc1. The fourth-order valence-corrected chi connectivity index (χ4v) is 4.72. The first-order chi connectivity index (χ1) is 15.7. The average molecular weight is 481 g/mol. The number of ether oxygens (including phenoxy) is 2. The molecule has 33 heavy (non-hydrogen) atoms. The molecule has 12 heteroatoms. The van der Waals surface area contributed by atoms with E-state index in [9.17, 15) is 18.9 Å². The van der Waals surface area contributed by atoms with Gasteiger partial charge in [-0.1, -0.05) is 25.1 Å². The summed E-state index contributed by atoms with van der Waals surface area (Å²) < 4.78 is 36.5. The van der Waals surface area contributed by atoms with E-state index in [1.807, 2.05) is 0 Å². The molecule has 2 heterocycles. The van der Waals surface area contributed by atoms with E-state index in [-0.39, 0.29) is 13.2 Å². The van der Waals surface area contributed by atoms with Crippen LogP contribution in [0.4, 0.5) is 0 Å². The van der Waals surface area contributed by atoms with Crippen LogP contribution in [0.3, 0.4) is 0 Å². The number of nitrogens with zero attached hydrogens (tertiary/aromatic N) is 1. The zero-order chi connectivity index (χ0) is 24.0. The van der Waals surface area contributed by atoms with Crippen LogP contribution in [0.5, 0.6) is 5.75 Å². The van der Waals surface area contributed by atoms with Crippen LogP contribution in [0.2, 0.25) is 0 Å². The molecule has 1 aromatic carbocycles. The number of carbonyl (C=O) groups excluding carboxylic acids is 1. The molecule has 3 rings (SSSR count). The molecule has 11 nitrogen and oxygen atoms in total. The van der Waals surface area contributed by atoms with Gasteiger partial charge in [0.2, 0.25) is 0 Å². The summed E-state index contributed by atoms with van der Waals surface area (Å²) in [5, 5.41) is 2.71. The van der Waals surface area contributed by atoms with Gasteiger partial charge in [0.1, 0.15) is 12.0 Å². The topological polar surface area (TPSA) is 138 Å². The highest BCUT2D eigenvalue weighted by atomic mass is 31.2. The quantitative estimate of drug-likeness (QED) is 0.386. The maximum Gasteiger partial charge on any atom is 0.458 e. The largest absolute Gasteiger partial charge is 0.469 e. The van der Waals surface area contributed by atoms with Crippen LogP contribution >= 0.6 is 7.75 Å². The summed E-state index contributed by atoms with van der Waals surface area (Å²) in [7, 11) is -2.59. The van der Waals surface area contributed by atoms with Gasteiger partial charge in [-0.25, -0.2) is 14.4 Å². The van der Waals surface area contributed by atoms with Gasteiger partial charge in [0.15, 0.2) is 0 Å². The summed E-state index contributed by atoms with van der Waals surface area (Å²) in [5.41, 5.74) is -0.614. The van der Waals surface area contributed by atoms with Crippen molar-refractivity contribution < 1.29 is 27.9 Å². The first kappa shape index (κ1) is 24.9. The van der Waals surface area contributed by atoms with Crippen molar-refractivity contribution in [2.24, 2.45) is 5.92 Å². The third kappa shape index (κ3) is 6.64. The molecule has 0 spiro atoms. The fourth-order valence-electron chi connectivity index (χ4n) is 3.25. The molecule has 2 aromatic rings. The molecule has 0 saturated carbocycles. The minimum Gasteiger partial charge on any atom is -0.469 e. The van der Waals surface area contributed by atoms with E-state index < -0.39 is 43.2 Å². The number of esters is 1. The Bertz CT molecular complexity index is 1120. The first-order valence-electron chi connectivity index (χ1n) is 10.5. The van der Waals surface area contributed by atoms with Crippen LogP contribution in [0.25, 0.3) is 0 Å². The lowest BCUT2D eigenvalue weighted by Gasteiger charge is -2.23. The van der Waals surface area contributed by atoms with Crippen LogP contribution in [0.15, 0.2) is 46.1 Å². The molecule has 0 aliphatic carbocycles. The summed E-state index contributed by atoms with van der Waals surface area (Å²) >= 11 is 0. The number of nitrogens with one attached hydrogen (secondary N) is 2. The molecular formula is C21H28N3O8P. The van der Waals surface area contributed by atoms with E-state index in [0.717, 1.165) is 0 Å². The van der Waals surface area contributed by atoms with E-state index in [1.165, 1.54) is 17.9 Å². The molecule has 1 aliphatic heterocycles. The minimum atomic E-state index is -3.87. The van der Waals surface area contributed by atoms with E-state index in [2.05, 4.69) is 10.1 Å². The van der Waals surface area contributed by atoms with E-state index in [4.69, 9.17) is 18.5 Å². The van der Waals surface area contributed by atoms with Crippen molar-refractivity contribution in [1.29, 1.82) is 0 Å². The average Bonchev–Trinajstić information content (AvgIpc) is 3.27. The summed E-state index contributed by atoms with van der Waals surface area (Å²) in [4.78, 5) is 37.7. The van der Waals surface area contributed by atoms with Gasteiger partial charge in [-0.3, -0.25) is 23.7 Å². The zero-order valence-electron chi connectivity index (χ0n) is 18.7. The molecule has 0 radical (unpaired) electrons. The van der Waals surface area contributed by atoms with Crippen molar-refractivity contribution in [2.45, 2.75) is 39.0 Å². The highest BCUT2D eigenvalue weighted by Crippen LogP contribution is 2.45. The minimum absolute atomic E-state index is 0.0109. The van der Waals surface area contributed by atoms with Crippen LogP contribution in [0.1, 0.15) is 31.6 Å².